The van der Waals surface area contributed by atoms with E-state index in [1.165, 1.54) is 19.3 Å². The molecule has 0 radical (unpaired) electrons. The van der Waals surface area contributed by atoms with Crippen LogP contribution in [0.15, 0.2) is 0 Å². The zero-order valence-corrected chi connectivity index (χ0v) is 8.81. The standard InChI is InChI=1S/C10H19ClO/c1-3-5-10(11)8-6-9(7-8)12-4-2/h8-10H,3-7H2,1-2H3. The Morgan fingerprint density at radius 2 is 2.08 bits per heavy atom. The summed E-state index contributed by atoms with van der Waals surface area (Å²) in [7, 11) is 0. The molecule has 1 saturated carbocycles. The van der Waals surface area contributed by atoms with Gasteiger partial charge in [0.25, 0.3) is 0 Å². The molecule has 0 amide bonds. The summed E-state index contributed by atoms with van der Waals surface area (Å²) in [5, 5.41) is 0.395. The van der Waals surface area contributed by atoms with Gasteiger partial charge in [0.05, 0.1) is 6.10 Å². The van der Waals surface area contributed by atoms with Crippen LogP contribution in [0.4, 0.5) is 0 Å². The first kappa shape index (κ1) is 10.3. The van der Waals surface area contributed by atoms with Crippen molar-refractivity contribution in [3.05, 3.63) is 0 Å². The summed E-state index contributed by atoms with van der Waals surface area (Å²) in [5.74, 6) is 0.725. The van der Waals surface area contributed by atoms with Crippen LogP contribution in [0, 0.1) is 5.92 Å². The normalized spacial score (nSPS) is 31.2. The van der Waals surface area contributed by atoms with Crippen LogP contribution in [0.5, 0.6) is 0 Å². The molecule has 1 atom stereocenters. The first-order valence-corrected chi connectivity index (χ1v) is 5.47. The smallest absolute Gasteiger partial charge is 0.0581 e. The maximum Gasteiger partial charge on any atom is 0.0581 e. The monoisotopic (exact) mass is 190 g/mol. The van der Waals surface area contributed by atoms with E-state index in [1.807, 2.05) is 0 Å². The molecule has 1 nitrogen and oxygen atoms in total. The van der Waals surface area contributed by atoms with Crippen LogP contribution in [-0.2, 0) is 4.74 Å². The Bertz CT molecular complexity index is 121. The van der Waals surface area contributed by atoms with Gasteiger partial charge in [-0.2, -0.15) is 0 Å². The minimum atomic E-state index is 0.395. The summed E-state index contributed by atoms with van der Waals surface area (Å²) in [4.78, 5) is 0. The van der Waals surface area contributed by atoms with Gasteiger partial charge < -0.3 is 4.74 Å². The second-order valence-corrected chi connectivity index (χ2v) is 4.17. The van der Waals surface area contributed by atoms with E-state index >= 15 is 0 Å². The third-order valence-electron chi connectivity index (χ3n) is 2.61. The van der Waals surface area contributed by atoms with Gasteiger partial charge in [0.2, 0.25) is 0 Å². The minimum absolute atomic E-state index is 0.395. The molecule has 0 spiro atoms. The Labute approximate surface area is 80.4 Å². The van der Waals surface area contributed by atoms with Gasteiger partial charge in [0.15, 0.2) is 0 Å². The van der Waals surface area contributed by atoms with Gasteiger partial charge >= 0.3 is 0 Å². The molecular weight excluding hydrogens is 172 g/mol. The van der Waals surface area contributed by atoms with E-state index < -0.39 is 0 Å². The highest BCUT2D eigenvalue weighted by molar-refractivity contribution is 6.20. The van der Waals surface area contributed by atoms with Crippen molar-refractivity contribution in [2.75, 3.05) is 6.61 Å². The molecule has 12 heavy (non-hydrogen) atoms. The molecule has 0 bridgehead atoms. The van der Waals surface area contributed by atoms with Crippen LogP contribution in [0.25, 0.3) is 0 Å². The number of rotatable bonds is 5. The maximum absolute atomic E-state index is 6.19. The zero-order valence-electron chi connectivity index (χ0n) is 8.05. The molecule has 2 heteroatoms. The van der Waals surface area contributed by atoms with Crippen molar-refractivity contribution in [2.24, 2.45) is 5.92 Å². The molecular formula is C10H19ClO. The predicted molar refractivity (Wildman–Crippen MR) is 52.7 cm³/mol. The van der Waals surface area contributed by atoms with Gasteiger partial charge in [-0.05, 0) is 32.1 Å². The summed E-state index contributed by atoms with van der Waals surface area (Å²) in [6, 6.07) is 0. The lowest BCUT2D eigenvalue weighted by atomic mass is 9.78. The summed E-state index contributed by atoms with van der Waals surface area (Å²) in [6.45, 7) is 5.09. The molecule has 0 aromatic carbocycles. The fourth-order valence-corrected chi connectivity index (χ4v) is 2.21. The Kier molecular flexibility index (Phi) is 4.38. The Hall–Kier alpha value is 0.250. The topological polar surface area (TPSA) is 9.23 Å². The van der Waals surface area contributed by atoms with Crippen molar-refractivity contribution in [3.8, 4) is 0 Å². The van der Waals surface area contributed by atoms with E-state index in [9.17, 15) is 0 Å². The van der Waals surface area contributed by atoms with Gasteiger partial charge in [0, 0.05) is 12.0 Å². The molecule has 1 aliphatic carbocycles. The number of alkyl halides is 1. The number of ether oxygens (including phenoxy) is 1. The molecule has 0 aromatic heterocycles. The van der Waals surface area contributed by atoms with Crippen molar-refractivity contribution < 1.29 is 4.74 Å². The van der Waals surface area contributed by atoms with E-state index in [2.05, 4.69) is 13.8 Å². The highest BCUT2D eigenvalue weighted by Crippen LogP contribution is 2.36. The highest BCUT2D eigenvalue weighted by atomic mass is 35.5. The lowest BCUT2D eigenvalue weighted by molar-refractivity contribution is -0.0258. The third-order valence-corrected chi connectivity index (χ3v) is 3.18. The minimum Gasteiger partial charge on any atom is -0.378 e. The van der Waals surface area contributed by atoms with Gasteiger partial charge in [-0.25, -0.2) is 0 Å². The summed E-state index contributed by atoms with van der Waals surface area (Å²) >= 11 is 6.19. The molecule has 72 valence electrons. The zero-order chi connectivity index (χ0) is 8.97. The third kappa shape index (κ3) is 2.63. The number of hydrogen-bond donors (Lipinski definition) is 0. The van der Waals surface area contributed by atoms with E-state index in [1.54, 1.807) is 0 Å². The first-order chi connectivity index (χ1) is 5.77. The van der Waals surface area contributed by atoms with E-state index in [0.29, 0.717) is 11.5 Å². The van der Waals surface area contributed by atoms with Crippen molar-refractivity contribution in [2.45, 2.75) is 51.0 Å². The molecule has 1 unspecified atom stereocenters. The van der Waals surface area contributed by atoms with E-state index in [4.69, 9.17) is 16.3 Å². The van der Waals surface area contributed by atoms with Gasteiger partial charge in [-0.1, -0.05) is 13.3 Å². The molecule has 1 aliphatic rings. The molecule has 0 aliphatic heterocycles. The Balaban J connectivity index is 2.07. The van der Waals surface area contributed by atoms with Crippen LogP contribution >= 0.6 is 11.6 Å². The average molecular weight is 191 g/mol. The van der Waals surface area contributed by atoms with Crippen LogP contribution in [0.1, 0.15) is 39.5 Å². The molecule has 0 N–H and O–H groups in total. The van der Waals surface area contributed by atoms with Crippen LogP contribution in [-0.4, -0.2) is 18.1 Å². The van der Waals surface area contributed by atoms with Crippen molar-refractivity contribution in [3.63, 3.8) is 0 Å². The SMILES string of the molecule is CCCC(Cl)C1CC(OCC)C1. The maximum atomic E-state index is 6.19. The fraction of sp³-hybridized carbons (Fsp3) is 1.00. The molecule has 1 rings (SSSR count). The van der Waals surface area contributed by atoms with Gasteiger partial charge in [0.1, 0.15) is 0 Å². The van der Waals surface area contributed by atoms with Crippen molar-refractivity contribution in [1.82, 2.24) is 0 Å². The molecule has 0 aromatic rings. The summed E-state index contributed by atoms with van der Waals surface area (Å²) in [6.07, 6.45) is 5.23. The van der Waals surface area contributed by atoms with Crippen LogP contribution < -0.4 is 0 Å². The first-order valence-electron chi connectivity index (χ1n) is 5.03. The second-order valence-electron chi connectivity index (χ2n) is 3.61. The lowest BCUT2D eigenvalue weighted by Gasteiger charge is -2.37. The number of hydrogen-bond acceptors (Lipinski definition) is 1. The average Bonchev–Trinajstić information content (AvgIpc) is 1.96. The van der Waals surface area contributed by atoms with Crippen LogP contribution in [0.2, 0.25) is 0 Å². The summed E-state index contributed by atoms with van der Waals surface area (Å²) in [5.41, 5.74) is 0. The second kappa shape index (κ2) is 5.08. The fourth-order valence-electron chi connectivity index (χ4n) is 1.78. The quantitative estimate of drug-likeness (QED) is 0.605. The molecule has 0 saturated heterocycles. The molecule has 0 heterocycles. The van der Waals surface area contributed by atoms with Crippen molar-refractivity contribution >= 4 is 11.6 Å². The van der Waals surface area contributed by atoms with Gasteiger partial charge in [-0.15, -0.1) is 11.6 Å². The molecule has 1 fully saturated rings. The predicted octanol–water partition coefficient (Wildman–Crippen LogP) is 3.21. The van der Waals surface area contributed by atoms with Gasteiger partial charge in [-0.3, -0.25) is 0 Å². The Morgan fingerprint density at radius 3 is 2.58 bits per heavy atom. The Morgan fingerprint density at radius 1 is 1.42 bits per heavy atom. The van der Waals surface area contributed by atoms with E-state index in [0.717, 1.165) is 18.9 Å². The highest BCUT2D eigenvalue weighted by Gasteiger charge is 2.33. The van der Waals surface area contributed by atoms with Crippen molar-refractivity contribution in [1.29, 1.82) is 0 Å². The lowest BCUT2D eigenvalue weighted by Crippen LogP contribution is -2.36. The van der Waals surface area contributed by atoms with Crippen LogP contribution in [0.3, 0.4) is 0 Å². The largest absolute Gasteiger partial charge is 0.378 e. The number of halogens is 1. The van der Waals surface area contributed by atoms with E-state index in [-0.39, 0.29) is 0 Å². The summed E-state index contributed by atoms with van der Waals surface area (Å²) < 4.78 is 5.48.